The second-order valence-electron chi connectivity index (χ2n) is 4.01. The lowest BCUT2D eigenvalue weighted by atomic mass is 10.1. The molecule has 82 valence electrons. The summed E-state index contributed by atoms with van der Waals surface area (Å²) in [7, 11) is 0. The van der Waals surface area contributed by atoms with Gasteiger partial charge in [-0.3, -0.25) is 4.79 Å². The van der Waals surface area contributed by atoms with Gasteiger partial charge in [0.1, 0.15) is 11.2 Å². The largest absolute Gasteiger partial charge is 0.316 e. The second kappa shape index (κ2) is 3.68. The first kappa shape index (κ1) is 9.47. The zero-order chi connectivity index (χ0) is 11.0. The number of nitrogens with zero attached hydrogens (tertiary/aromatic N) is 2. The van der Waals surface area contributed by atoms with Crippen LogP contribution < -0.4 is 10.9 Å². The van der Waals surface area contributed by atoms with Crippen molar-refractivity contribution in [3.63, 3.8) is 0 Å². The normalized spacial score (nSPS) is 20.4. The molecule has 0 saturated carbocycles. The number of aromatic nitrogens is 3. The first-order chi connectivity index (χ1) is 7.84. The highest BCUT2D eigenvalue weighted by Gasteiger charge is 2.21. The third kappa shape index (κ3) is 1.49. The van der Waals surface area contributed by atoms with Crippen LogP contribution in [0.4, 0.5) is 0 Å². The molecule has 5 nitrogen and oxygen atoms in total. The molecule has 0 aliphatic carbocycles. The Hall–Kier alpha value is -1.75. The molecule has 0 radical (unpaired) electrons. The summed E-state index contributed by atoms with van der Waals surface area (Å²) in [6, 6.07) is 3.69. The topological polar surface area (TPSA) is 70.7 Å². The van der Waals surface area contributed by atoms with Crippen LogP contribution in [0.15, 0.2) is 23.1 Å². The Morgan fingerprint density at radius 1 is 1.44 bits per heavy atom. The van der Waals surface area contributed by atoms with Crippen molar-refractivity contribution in [3.8, 4) is 0 Å². The zero-order valence-corrected chi connectivity index (χ0v) is 8.73. The lowest BCUT2D eigenvalue weighted by Gasteiger charge is -2.06. The lowest BCUT2D eigenvalue weighted by molar-refractivity contribution is 0.724. The monoisotopic (exact) mass is 216 g/mol. The van der Waals surface area contributed by atoms with E-state index in [1.54, 1.807) is 6.20 Å². The minimum Gasteiger partial charge on any atom is -0.316 e. The van der Waals surface area contributed by atoms with Crippen LogP contribution >= 0.6 is 0 Å². The fourth-order valence-electron chi connectivity index (χ4n) is 2.10. The van der Waals surface area contributed by atoms with Gasteiger partial charge in [0.05, 0.1) is 0 Å². The summed E-state index contributed by atoms with van der Waals surface area (Å²) in [6.45, 7) is 1.79. The van der Waals surface area contributed by atoms with Gasteiger partial charge in [0.2, 0.25) is 0 Å². The Morgan fingerprint density at radius 2 is 2.38 bits per heavy atom. The quantitative estimate of drug-likeness (QED) is 0.723. The summed E-state index contributed by atoms with van der Waals surface area (Å²) in [5, 5.41) is 3.24. The van der Waals surface area contributed by atoms with E-state index in [0.29, 0.717) is 11.3 Å². The van der Waals surface area contributed by atoms with Gasteiger partial charge in [-0.25, -0.2) is 9.97 Å². The van der Waals surface area contributed by atoms with Crippen LogP contribution in [0.1, 0.15) is 18.0 Å². The SMILES string of the molecule is O=c1[nH]c2ncccc2nc1C1CCNC1. The van der Waals surface area contributed by atoms with Crippen molar-refractivity contribution in [2.24, 2.45) is 0 Å². The van der Waals surface area contributed by atoms with E-state index < -0.39 is 0 Å². The highest BCUT2D eigenvalue weighted by Crippen LogP contribution is 2.18. The highest BCUT2D eigenvalue weighted by molar-refractivity contribution is 5.68. The molecule has 16 heavy (non-hydrogen) atoms. The minimum absolute atomic E-state index is 0.111. The maximum atomic E-state index is 11.8. The van der Waals surface area contributed by atoms with Crippen molar-refractivity contribution in [1.82, 2.24) is 20.3 Å². The van der Waals surface area contributed by atoms with E-state index in [2.05, 4.69) is 20.3 Å². The van der Waals surface area contributed by atoms with Crippen molar-refractivity contribution < 1.29 is 0 Å². The molecule has 1 saturated heterocycles. The number of hydrogen-bond donors (Lipinski definition) is 2. The number of aromatic amines is 1. The molecule has 1 atom stereocenters. The number of nitrogens with one attached hydrogen (secondary N) is 2. The Bertz CT molecular complexity index is 571. The van der Waals surface area contributed by atoms with Gasteiger partial charge < -0.3 is 10.3 Å². The summed E-state index contributed by atoms with van der Waals surface area (Å²) in [6.07, 6.45) is 2.62. The maximum Gasteiger partial charge on any atom is 0.271 e. The molecule has 0 aromatic carbocycles. The molecular weight excluding hydrogens is 204 g/mol. The molecule has 2 aromatic heterocycles. The predicted molar refractivity (Wildman–Crippen MR) is 60.4 cm³/mol. The van der Waals surface area contributed by atoms with E-state index in [-0.39, 0.29) is 11.5 Å². The first-order valence-electron chi connectivity index (χ1n) is 5.40. The molecule has 0 spiro atoms. The van der Waals surface area contributed by atoms with Crippen LogP contribution in [0.3, 0.4) is 0 Å². The number of rotatable bonds is 1. The highest BCUT2D eigenvalue weighted by atomic mass is 16.1. The standard InChI is InChI=1S/C11H12N4O/c16-11-9(7-3-5-12-6-7)14-8-2-1-4-13-10(8)15-11/h1-2,4,7,12H,3,5-6H2,(H,13,15,16). The fraction of sp³-hybridized carbons (Fsp3) is 0.364. The Kier molecular flexibility index (Phi) is 2.18. The van der Waals surface area contributed by atoms with Crippen LogP contribution in [0.5, 0.6) is 0 Å². The van der Waals surface area contributed by atoms with E-state index in [4.69, 9.17) is 0 Å². The molecule has 0 amide bonds. The average molecular weight is 216 g/mol. The molecule has 2 N–H and O–H groups in total. The third-order valence-corrected chi connectivity index (χ3v) is 2.94. The van der Waals surface area contributed by atoms with Gasteiger partial charge in [0.25, 0.3) is 5.56 Å². The van der Waals surface area contributed by atoms with E-state index in [0.717, 1.165) is 25.0 Å². The Labute approximate surface area is 91.9 Å². The van der Waals surface area contributed by atoms with E-state index in [9.17, 15) is 4.79 Å². The summed E-state index contributed by atoms with van der Waals surface area (Å²) >= 11 is 0. The van der Waals surface area contributed by atoms with Gasteiger partial charge in [0.15, 0.2) is 5.65 Å². The van der Waals surface area contributed by atoms with Gasteiger partial charge in [-0.2, -0.15) is 0 Å². The van der Waals surface area contributed by atoms with Crippen LogP contribution in [0.2, 0.25) is 0 Å². The minimum atomic E-state index is -0.111. The van der Waals surface area contributed by atoms with Gasteiger partial charge >= 0.3 is 0 Å². The first-order valence-corrected chi connectivity index (χ1v) is 5.40. The summed E-state index contributed by atoms with van der Waals surface area (Å²) in [5.74, 6) is 0.230. The molecule has 1 aliphatic heterocycles. The van der Waals surface area contributed by atoms with Crippen LogP contribution in [-0.2, 0) is 0 Å². The Morgan fingerprint density at radius 3 is 3.19 bits per heavy atom. The van der Waals surface area contributed by atoms with Gasteiger partial charge in [-0.15, -0.1) is 0 Å². The van der Waals surface area contributed by atoms with Crippen LogP contribution in [0.25, 0.3) is 11.2 Å². The van der Waals surface area contributed by atoms with Crippen molar-refractivity contribution in [1.29, 1.82) is 0 Å². The molecular formula is C11H12N4O. The molecule has 3 rings (SSSR count). The van der Waals surface area contributed by atoms with Crippen molar-refractivity contribution in [2.45, 2.75) is 12.3 Å². The lowest BCUT2D eigenvalue weighted by Crippen LogP contribution is -2.20. The van der Waals surface area contributed by atoms with Gasteiger partial charge in [-0.1, -0.05) is 0 Å². The summed E-state index contributed by atoms with van der Waals surface area (Å²) in [5.41, 5.74) is 1.83. The van der Waals surface area contributed by atoms with Gasteiger partial charge in [0, 0.05) is 18.7 Å². The van der Waals surface area contributed by atoms with Crippen LogP contribution in [0, 0.1) is 0 Å². The maximum absolute atomic E-state index is 11.8. The molecule has 3 heterocycles. The Balaban J connectivity index is 2.17. The van der Waals surface area contributed by atoms with Crippen molar-refractivity contribution >= 4 is 11.2 Å². The number of pyridine rings is 1. The zero-order valence-electron chi connectivity index (χ0n) is 8.73. The van der Waals surface area contributed by atoms with E-state index in [1.807, 2.05) is 12.1 Å². The molecule has 1 aliphatic rings. The smallest absolute Gasteiger partial charge is 0.271 e. The summed E-state index contributed by atoms with van der Waals surface area (Å²) in [4.78, 5) is 23.1. The fourth-order valence-corrected chi connectivity index (χ4v) is 2.10. The second-order valence-corrected chi connectivity index (χ2v) is 4.01. The molecule has 0 bridgehead atoms. The number of fused-ring (bicyclic) bond motifs is 1. The van der Waals surface area contributed by atoms with Gasteiger partial charge in [-0.05, 0) is 25.1 Å². The summed E-state index contributed by atoms with van der Waals surface area (Å²) < 4.78 is 0. The molecule has 1 unspecified atom stereocenters. The van der Waals surface area contributed by atoms with E-state index >= 15 is 0 Å². The number of hydrogen-bond acceptors (Lipinski definition) is 4. The third-order valence-electron chi connectivity index (χ3n) is 2.94. The molecule has 5 heteroatoms. The molecule has 2 aromatic rings. The van der Waals surface area contributed by atoms with E-state index in [1.165, 1.54) is 0 Å². The van der Waals surface area contributed by atoms with Crippen molar-refractivity contribution in [2.75, 3.05) is 13.1 Å². The molecule has 1 fully saturated rings. The number of H-pyrrole nitrogens is 1. The average Bonchev–Trinajstić information content (AvgIpc) is 2.81. The van der Waals surface area contributed by atoms with Crippen molar-refractivity contribution in [3.05, 3.63) is 34.4 Å². The van der Waals surface area contributed by atoms with Crippen LogP contribution in [-0.4, -0.2) is 28.0 Å². The predicted octanol–water partition coefficient (Wildman–Crippen LogP) is 0.395.